The summed E-state index contributed by atoms with van der Waals surface area (Å²) in [5.74, 6) is 0.317. The van der Waals surface area contributed by atoms with Gasteiger partial charge in [0.25, 0.3) is 0 Å². The van der Waals surface area contributed by atoms with E-state index in [4.69, 9.17) is 0 Å². The molecule has 1 N–H and O–H groups in total. The summed E-state index contributed by atoms with van der Waals surface area (Å²) >= 11 is 0. The molecule has 11 heavy (non-hydrogen) atoms. The first-order valence-electron chi connectivity index (χ1n) is 4.52. The van der Waals surface area contributed by atoms with Gasteiger partial charge in [-0.25, -0.2) is 0 Å². The van der Waals surface area contributed by atoms with Crippen molar-refractivity contribution in [1.29, 1.82) is 0 Å². The summed E-state index contributed by atoms with van der Waals surface area (Å²) in [6, 6.07) is 0.618. The molecule has 0 spiro atoms. The van der Waals surface area contributed by atoms with Crippen LogP contribution in [-0.2, 0) is 4.79 Å². The van der Waals surface area contributed by atoms with Crippen LogP contribution in [-0.4, -0.2) is 18.4 Å². The molecule has 1 aliphatic rings. The molecule has 0 amide bonds. The highest BCUT2D eigenvalue weighted by Crippen LogP contribution is 2.11. The van der Waals surface area contributed by atoms with E-state index in [1.165, 1.54) is 19.3 Å². The molecule has 0 aromatic heterocycles. The molecule has 0 bridgehead atoms. The van der Waals surface area contributed by atoms with Gasteiger partial charge in [0.2, 0.25) is 0 Å². The van der Waals surface area contributed by atoms with Crippen LogP contribution >= 0.6 is 0 Å². The first-order chi connectivity index (χ1) is 5.29. The molecule has 0 aromatic carbocycles. The van der Waals surface area contributed by atoms with Crippen LogP contribution < -0.4 is 5.32 Å². The monoisotopic (exact) mass is 155 g/mol. The second-order valence-corrected chi connectivity index (χ2v) is 3.39. The zero-order valence-corrected chi connectivity index (χ0v) is 7.23. The third-order valence-corrected chi connectivity index (χ3v) is 2.26. The van der Waals surface area contributed by atoms with E-state index < -0.39 is 0 Å². The minimum Gasteiger partial charge on any atom is -0.314 e. The molecule has 1 rings (SSSR count). The quantitative estimate of drug-likeness (QED) is 0.669. The van der Waals surface area contributed by atoms with Gasteiger partial charge in [-0.1, -0.05) is 6.42 Å². The lowest BCUT2D eigenvalue weighted by Crippen LogP contribution is -2.34. The Morgan fingerprint density at radius 3 is 2.91 bits per heavy atom. The number of nitrogens with one attached hydrogen (secondary N) is 1. The number of ketones is 1. The van der Waals surface area contributed by atoms with Crippen molar-refractivity contribution in [3.8, 4) is 0 Å². The highest BCUT2D eigenvalue weighted by molar-refractivity contribution is 5.75. The van der Waals surface area contributed by atoms with Crippen LogP contribution in [0.4, 0.5) is 0 Å². The van der Waals surface area contributed by atoms with Crippen molar-refractivity contribution < 1.29 is 4.79 Å². The highest BCUT2D eigenvalue weighted by Gasteiger charge is 2.12. The molecular formula is C9H17NO. The Hall–Kier alpha value is -0.370. The fourth-order valence-electron chi connectivity index (χ4n) is 1.55. The predicted octanol–water partition coefficient (Wildman–Crippen LogP) is 1.50. The van der Waals surface area contributed by atoms with Crippen molar-refractivity contribution in [3.63, 3.8) is 0 Å². The normalized spacial score (nSPS) is 25.0. The second-order valence-electron chi connectivity index (χ2n) is 3.39. The molecule has 2 heteroatoms. The van der Waals surface area contributed by atoms with E-state index in [-0.39, 0.29) is 0 Å². The number of hydrogen-bond acceptors (Lipinski definition) is 2. The molecule has 1 heterocycles. The smallest absolute Gasteiger partial charge is 0.129 e. The van der Waals surface area contributed by atoms with Gasteiger partial charge in [-0.05, 0) is 32.7 Å². The van der Waals surface area contributed by atoms with E-state index in [0.29, 0.717) is 11.8 Å². The van der Waals surface area contributed by atoms with Gasteiger partial charge in [-0.3, -0.25) is 0 Å². The van der Waals surface area contributed by atoms with E-state index in [1.807, 2.05) is 0 Å². The Bertz CT molecular complexity index is 128. The van der Waals surface area contributed by atoms with Crippen molar-refractivity contribution >= 4 is 5.78 Å². The van der Waals surface area contributed by atoms with Crippen LogP contribution in [0.1, 0.15) is 39.0 Å². The zero-order valence-electron chi connectivity index (χ0n) is 7.23. The molecule has 1 aliphatic heterocycles. The van der Waals surface area contributed by atoms with Crippen LogP contribution in [0.25, 0.3) is 0 Å². The molecule has 1 saturated heterocycles. The number of Topliss-reactive ketones (excluding diaryl/α,β-unsaturated/α-hetero) is 1. The number of hydrogen-bond donors (Lipinski definition) is 1. The topological polar surface area (TPSA) is 29.1 Å². The van der Waals surface area contributed by atoms with Gasteiger partial charge in [-0.2, -0.15) is 0 Å². The van der Waals surface area contributed by atoms with Crippen molar-refractivity contribution in [2.45, 2.75) is 45.1 Å². The third kappa shape index (κ3) is 3.51. The fraction of sp³-hybridized carbons (Fsp3) is 0.889. The van der Waals surface area contributed by atoms with Crippen molar-refractivity contribution in [2.24, 2.45) is 0 Å². The Balaban J connectivity index is 2.09. The molecule has 64 valence electrons. The van der Waals surface area contributed by atoms with Gasteiger partial charge in [-0.15, -0.1) is 0 Å². The second kappa shape index (κ2) is 4.50. The maximum Gasteiger partial charge on any atom is 0.129 e. The first kappa shape index (κ1) is 8.72. The van der Waals surface area contributed by atoms with Crippen LogP contribution in [0.15, 0.2) is 0 Å². The lowest BCUT2D eigenvalue weighted by molar-refractivity contribution is -0.117. The maximum atomic E-state index is 10.7. The summed E-state index contributed by atoms with van der Waals surface area (Å²) in [4.78, 5) is 10.7. The molecule has 1 atom stereocenters. The standard InChI is InChI=1S/C9H17NO/c1-8(11)5-6-9-4-2-3-7-10-9/h9-10H,2-7H2,1H3. The predicted molar refractivity (Wildman–Crippen MR) is 45.6 cm³/mol. The van der Waals surface area contributed by atoms with Crippen molar-refractivity contribution in [1.82, 2.24) is 5.32 Å². The van der Waals surface area contributed by atoms with Gasteiger partial charge in [0.15, 0.2) is 0 Å². The molecule has 1 unspecified atom stereocenters. The zero-order chi connectivity index (χ0) is 8.10. The lowest BCUT2D eigenvalue weighted by Gasteiger charge is -2.22. The van der Waals surface area contributed by atoms with Crippen molar-refractivity contribution in [3.05, 3.63) is 0 Å². The summed E-state index contributed by atoms with van der Waals surface area (Å²) < 4.78 is 0. The number of rotatable bonds is 3. The lowest BCUT2D eigenvalue weighted by atomic mass is 10.00. The Labute approximate surface area is 68.4 Å². The minimum atomic E-state index is 0.317. The van der Waals surface area contributed by atoms with Crippen molar-refractivity contribution in [2.75, 3.05) is 6.54 Å². The summed E-state index contributed by atoms with van der Waals surface area (Å²) in [7, 11) is 0. The summed E-state index contributed by atoms with van der Waals surface area (Å²) in [5.41, 5.74) is 0. The van der Waals surface area contributed by atoms with Gasteiger partial charge in [0.05, 0.1) is 0 Å². The van der Waals surface area contributed by atoms with Gasteiger partial charge < -0.3 is 10.1 Å². The van der Waals surface area contributed by atoms with Gasteiger partial charge in [0.1, 0.15) is 5.78 Å². The summed E-state index contributed by atoms with van der Waals surface area (Å²) in [5, 5.41) is 3.42. The van der Waals surface area contributed by atoms with E-state index in [0.717, 1.165) is 19.4 Å². The molecule has 2 nitrogen and oxygen atoms in total. The van der Waals surface area contributed by atoms with E-state index in [2.05, 4.69) is 5.32 Å². The summed E-state index contributed by atoms with van der Waals surface area (Å²) in [6.07, 6.45) is 5.67. The summed E-state index contributed by atoms with van der Waals surface area (Å²) in [6.45, 7) is 2.81. The fourth-order valence-corrected chi connectivity index (χ4v) is 1.55. The molecule has 0 aromatic rings. The Kier molecular flexibility index (Phi) is 3.57. The first-order valence-corrected chi connectivity index (χ1v) is 4.52. The average molecular weight is 155 g/mol. The Morgan fingerprint density at radius 1 is 1.55 bits per heavy atom. The van der Waals surface area contributed by atoms with Crippen LogP contribution in [0, 0.1) is 0 Å². The van der Waals surface area contributed by atoms with E-state index >= 15 is 0 Å². The average Bonchev–Trinajstić information content (AvgIpc) is 2.03. The van der Waals surface area contributed by atoms with Gasteiger partial charge >= 0.3 is 0 Å². The van der Waals surface area contributed by atoms with Crippen LogP contribution in [0.5, 0.6) is 0 Å². The molecule has 0 radical (unpaired) electrons. The minimum absolute atomic E-state index is 0.317. The Morgan fingerprint density at radius 2 is 2.36 bits per heavy atom. The number of carbonyl (C=O) groups excluding carboxylic acids is 1. The number of piperidine rings is 1. The van der Waals surface area contributed by atoms with Crippen LogP contribution in [0.3, 0.4) is 0 Å². The molecule has 0 aliphatic carbocycles. The molecule has 1 fully saturated rings. The SMILES string of the molecule is CC(=O)CCC1CCCCN1. The van der Waals surface area contributed by atoms with Crippen LogP contribution in [0.2, 0.25) is 0 Å². The molecular weight excluding hydrogens is 138 g/mol. The maximum absolute atomic E-state index is 10.7. The third-order valence-electron chi connectivity index (χ3n) is 2.26. The van der Waals surface area contributed by atoms with E-state index in [1.54, 1.807) is 6.92 Å². The van der Waals surface area contributed by atoms with Gasteiger partial charge in [0, 0.05) is 12.5 Å². The molecule has 0 saturated carbocycles. The largest absolute Gasteiger partial charge is 0.314 e. The van der Waals surface area contributed by atoms with E-state index in [9.17, 15) is 4.79 Å². The number of carbonyl (C=O) groups is 1. The highest BCUT2D eigenvalue weighted by atomic mass is 16.1.